The van der Waals surface area contributed by atoms with Crippen molar-refractivity contribution < 1.29 is 8.78 Å². The smallest absolute Gasteiger partial charge is 0.218 e. The Morgan fingerprint density at radius 3 is 2.67 bits per heavy atom. The fourth-order valence-corrected chi connectivity index (χ4v) is 1.12. The summed E-state index contributed by atoms with van der Waals surface area (Å²) in [5, 5.41) is 2.75. The molecule has 0 bridgehead atoms. The highest BCUT2D eigenvalue weighted by Crippen LogP contribution is 2.14. The highest BCUT2D eigenvalue weighted by molar-refractivity contribution is 5.55. The predicted molar refractivity (Wildman–Crippen MR) is 51.7 cm³/mol. The van der Waals surface area contributed by atoms with Gasteiger partial charge < -0.3 is 5.32 Å². The van der Waals surface area contributed by atoms with E-state index in [0.717, 1.165) is 12.4 Å². The third-order valence-electron chi connectivity index (χ3n) is 1.73. The van der Waals surface area contributed by atoms with Crippen LogP contribution in [0.3, 0.4) is 0 Å². The summed E-state index contributed by atoms with van der Waals surface area (Å²) in [4.78, 5) is 7.09. The van der Waals surface area contributed by atoms with E-state index in [1.165, 1.54) is 12.1 Å². The lowest BCUT2D eigenvalue weighted by molar-refractivity contribution is 0.580. The van der Waals surface area contributed by atoms with E-state index in [2.05, 4.69) is 15.3 Å². The minimum absolute atomic E-state index is 0.285. The van der Waals surface area contributed by atoms with Crippen molar-refractivity contribution in [2.75, 3.05) is 5.32 Å². The van der Waals surface area contributed by atoms with Crippen LogP contribution in [0, 0.1) is 11.8 Å². The number of nitrogens with one attached hydrogen (secondary N) is 1. The van der Waals surface area contributed by atoms with Crippen molar-refractivity contribution in [2.45, 2.75) is 0 Å². The van der Waals surface area contributed by atoms with Crippen LogP contribution in [0.4, 0.5) is 20.3 Å². The van der Waals surface area contributed by atoms with Crippen LogP contribution in [-0.4, -0.2) is 9.97 Å². The molecule has 2 rings (SSSR count). The first-order valence-corrected chi connectivity index (χ1v) is 4.24. The fourth-order valence-electron chi connectivity index (χ4n) is 1.12. The molecule has 0 aliphatic carbocycles. The molecule has 0 unspecified atom stereocenters. The lowest BCUT2D eigenvalue weighted by atomic mass is 10.3. The van der Waals surface area contributed by atoms with E-state index in [0.29, 0.717) is 5.69 Å². The first-order chi connectivity index (χ1) is 7.24. The number of halogens is 2. The standard InChI is InChI=1S/C10H7F2N3/c11-7-2-1-3-8(4-7)15-10-5-9(12)13-6-14-10/h1-6H,(H,13,14,15). The zero-order chi connectivity index (χ0) is 10.7. The van der Waals surface area contributed by atoms with Gasteiger partial charge in [-0.2, -0.15) is 4.39 Å². The maximum absolute atomic E-state index is 12.8. The lowest BCUT2D eigenvalue weighted by Gasteiger charge is -2.04. The van der Waals surface area contributed by atoms with E-state index in [1.54, 1.807) is 12.1 Å². The first kappa shape index (κ1) is 9.51. The quantitative estimate of drug-likeness (QED) is 0.769. The number of nitrogens with zero attached hydrogens (tertiary/aromatic N) is 2. The van der Waals surface area contributed by atoms with Crippen molar-refractivity contribution in [3.63, 3.8) is 0 Å². The summed E-state index contributed by atoms with van der Waals surface area (Å²) in [5.74, 6) is -0.716. The van der Waals surface area contributed by atoms with Gasteiger partial charge in [0.2, 0.25) is 5.95 Å². The van der Waals surface area contributed by atoms with Crippen molar-refractivity contribution >= 4 is 11.5 Å². The van der Waals surface area contributed by atoms with E-state index in [9.17, 15) is 8.78 Å². The van der Waals surface area contributed by atoms with E-state index >= 15 is 0 Å². The summed E-state index contributed by atoms with van der Waals surface area (Å²) in [6.07, 6.45) is 1.09. The van der Waals surface area contributed by atoms with Crippen molar-refractivity contribution in [2.24, 2.45) is 0 Å². The van der Waals surface area contributed by atoms with Crippen molar-refractivity contribution in [1.82, 2.24) is 9.97 Å². The topological polar surface area (TPSA) is 37.8 Å². The molecule has 5 heteroatoms. The van der Waals surface area contributed by atoms with E-state index in [4.69, 9.17) is 0 Å². The van der Waals surface area contributed by atoms with Crippen LogP contribution in [0.15, 0.2) is 36.7 Å². The second-order valence-corrected chi connectivity index (χ2v) is 2.86. The SMILES string of the molecule is Fc1cccc(Nc2cc(F)ncn2)c1. The van der Waals surface area contributed by atoms with Crippen LogP contribution >= 0.6 is 0 Å². The van der Waals surface area contributed by atoms with Gasteiger partial charge in [0.05, 0.1) is 0 Å². The van der Waals surface area contributed by atoms with Gasteiger partial charge in [0.1, 0.15) is 18.0 Å². The van der Waals surface area contributed by atoms with Crippen LogP contribution in [0.1, 0.15) is 0 Å². The van der Waals surface area contributed by atoms with Gasteiger partial charge in [0.25, 0.3) is 0 Å². The molecule has 1 N–H and O–H groups in total. The van der Waals surface area contributed by atoms with Crippen molar-refractivity contribution in [3.8, 4) is 0 Å². The van der Waals surface area contributed by atoms with Gasteiger partial charge in [-0.15, -0.1) is 0 Å². The molecule has 0 aliphatic heterocycles. The van der Waals surface area contributed by atoms with E-state index in [1.807, 2.05) is 0 Å². The van der Waals surface area contributed by atoms with Gasteiger partial charge in [0.15, 0.2) is 0 Å². The van der Waals surface area contributed by atoms with E-state index < -0.39 is 5.95 Å². The maximum Gasteiger partial charge on any atom is 0.218 e. The molecule has 3 nitrogen and oxygen atoms in total. The molecule has 2 aromatic rings. The normalized spacial score (nSPS) is 10.0. The zero-order valence-electron chi connectivity index (χ0n) is 7.61. The van der Waals surface area contributed by atoms with Crippen LogP contribution in [0.25, 0.3) is 0 Å². The summed E-state index contributed by atoms with van der Waals surface area (Å²) < 4.78 is 25.5. The maximum atomic E-state index is 12.8. The molecule has 1 heterocycles. The molecule has 0 saturated heterocycles. The average molecular weight is 207 g/mol. The summed E-state index contributed by atoms with van der Waals surface area (Å²) >= 11 is 0. The van der Waals surface area contributed by atoms with Crippen LogP contribution in [0.5, 0.6) is 0 Å². The summed E-state index contributed by atoms with van der Waals surface area (Å²) in [5.41, 5.74) is 0.508. The van der Waals surface area contributed by atoms with E-state index in [-0.39, 0.29) is 11.6 Å². The third kappa shape index (κ3) is 2.46. The molecule has 1 aromatic heterocycles. The molecule has 0 atom stereocenters. The predicted octanol–water partition coefficient (Wildman–Crippen LogP) is 2.50. The number of benzene rings is 1. The average Bonchev–Trinajstić information content (AvgIpc) is 2.17. The number of anilines is 2. The molecule has 0 spiro atoms. The summed E-state index contributed by atoms with van der Waals surface area (Å²) in [6, 6.07) is 6.95. The number of aromatic nitrogens is 2. The molecule has 0 aliphatic rings. The van der Waals surface area contributed by atoms with Gasteiger partial charge in [-0.05, 0) is 18.2 Å². The Bertz CT molecular complexity index is 430. The second kappa shape index (κ2) is 4.00. The van der Waals surface area contributed by atoms with Gasteiger partial charge >= 0.3 is 0 Å². The Hall–Kier alpha value is -2.04. The Balaban J connectivity index is 2.22. The van der Waals surface area contributed by atoms with Crippen molar-refractivity contribution in [1.29, 1.82) is 0 Å². The van der Waals surface area contributed by atoms with Gasteiger partial charge in [0, 0.05) is 11.8 Å². The molecule has 0 amide bonds. The monoisotopic (exact) mass is 207 g/mol. The minimum atomic E-state index is -0.635. The molecular formula is C10H7F2N3. The molecule has 0 fully saturated rings. The molecule has 1 aromatic carbocycles. The summed E-state index contributed by atoms with van der Waals surface area (Å²) in [6.45, 7) is 0. The zero-order valence-corrected chi connectivity index (χ0v) is 7.61. The second-order valence-electron chi connectivity index (χ2n) is 2.86. The third-order valence-corrected chi connectivity index (χ3v) is 1.73. The molecular weight excluding hydrogens is 200 g/mol. The first-order valence-electron chi connectivity index (χ1n) is 4.24. The number of hydrogen-bond donors (Lipinski definition) is 1. The highest BCUT2D eigenvalue weighted by atomic mass is 19.1. The Morgan fingerprint density at radius 1 is 1.07 bits per heavy atom. The van der Waals surface area contributed by atoms with Gasteiger partial charge in [-0.25, -0.2) is 14.4 Å². The Kier molecular flexibility index (Phi) is 2.53. The molecule has 76 valence electrons. The Labute approximate surface area is 84.8 Å². The molecule has 0 saturated carbocycles. The van der Waals surface area contributed by atoms with Crippen LogP contribution in [-0.2, 0) is 0 Å². The fraction of sp³-hybridized carbons (Fsp3) is 0. The molecule has 0 radical (unpaired) electrons. The largest absolute Gasteiger partial charge is 0.340 e. The van der Waals surface area contributed by atoms with Crippen LogP contribution < -0.4 is 5.32 Å². The number of hydrogen-bond acceptors (Lipinski definition) is 3. The Morgan fingerprint density at radius 2 is 1.93 bits per heavy atom. The van der Waals surface area contributed by atoms with Gasteiger partial charge in [-0.1, -0.05) is 6.07 Å². The summed E-state index contributed by atoms with van der Waals surface area (Å²) in [7, 11) is 0. The highest BCUT2D eigenvalue weighted by Gasteiger charge is 1.99. The lowest BCUT2D eigenvalue weighted by Crippen LogP contribution is -1.95. The minimum Gasteiger partial charge on any atom is -0.340 e. The number of rotatable bonds is 2. The van der Waals surface area contributed by atoms with Crippen molar-refractivity contribution in [3.05, 3.63) is 48.4 Å². The molecule has 15 heavy (non-hydrogen) atoms. The van der Waals surface area contributed by atoms with Gasteiger partial charge in [-0.3, -0.25) is 0 Å². The van der Waals surface area contributed by atoms with Crippen LogP contribution in [0.2, 0.25) is 0 Å².